The van der Waals surface area contributed by atoms with Crippen LogP contribution in [0.15, 0.2) is 18.7 Å². The maximum absolute atomic E-state index is 4.02. The molecular weight excluding hydrogens is 240 g/mol. The smallest absolute Gasteiger partial charge is 0.0123 e. The molecule has 0 aliphatic carbocycles. The van der Waals surface area contributed by atoms with E-state index in [0.29, 0.717) is 0 Å². The van der Waals surface area contributed by atoms with Crippen molar-refractivity contribution in [1.82, 2.24) is 0 Å². The highest BCUT2D eigenvalue weighted by Crippen LogP contribution is 2.42. The fraction of sp³-hybridized carbons (Fsp3) is 0.600. The molecule has 1 rings (SSSR count). The molecule has 1 aromatic carbocycles. The summed E-state index contributed by atoms with van der Waals surface area (Å²) in [6.07, 6.45) is 2.00. The fourth-order valence-corrected chi connectivity index (χ4v) is 3.00. The Morgan fingerprint density at radius 3 is 1.45 bits per heavy atom. The fourth-order valence-electron chi connectivity index (χ4n) is 3.00. The summed E-state index contributed by atoms with van der Waals surface area (Å²) in [4.78, 5) is 0. The Kier molecular flexibility index (Phi) is 4.30. The molecule has 0 aliphatic rings. The molecule has 0 heteroatoms. The zero-order chi connectivity index (χ0) is 15.9. The normalized spacial score (nSPS) is 13.4. The minimum Gasteiger partial charge on any atom is -0.0985 e. The number of hydrogen-bond donors (Lipinski definition) is 0. The van der Waals surface area contributed by atoms with Gasteiger partial charge in [0.25, 0.3) is 0 Å². The first kappa shape index (κ1) is 17.0. The van der Waals surface area contributed by atoms with Crippen LogP contribution in [0.1, 0.15) is 84.6 Å². The monoisotopic (exact) mass is 272 g/mol. The van der Waals surface area contributed by atoms with Crippen molar-refractivity contribution in [2.75, 3.05) is 0 Å². The average molecular weight is 272 g/mol. The van der Waals surface area contributed by atoms with Gasteiger partial charge in [-0.1, -0.05) is 87.1 Å². The van der Waals surface area contributed by atoms with Gasteiger partial charge in [-0.3, -0.25) is 0 Å². The number of rotatable bonds is 1. The lowest BCUT2D eigenvalue weighted by atomic mass is 9.67. The van der Waals surface area contributed by atoms with Crippen molar-refractivity contribution < 1.29 is 0 Å². The zero-order valence-electron chi connectivity index (χ0n) is 14.9. The molecule has 0 bridgehead atoms. The largest absolute Gasteiger partial charge is 0.0985 e. The van der Waals surface area contributed by atoms with E-state index in [0.717, 1.165) is 0 Å². The van der Waals surface area contributed by atoms with Crippen LogP contribution in [0.4, 0.5) is 0 Å². The van der Waals surface area contributed by atoms with Crippen LogP contribution in [0.25, 0.3) is 6.08 Å². The van der Waals surface area contributed by atoms with Crippen molar-refractivity contribution in [2.45, 2.75) is 78.6 Å². The maximum Gasteiger partial charge on any atom is -0.0123 e. The molecule has 0 aromatic heterocycles. The van der Waals surface area contributed by atoms with Crippen molar-refractivity contribution in [2.24, 2.45) is 0 Å². The van der Waals surface area contributed by atoms with Crippen molar-refractivity contribution in [3.05, 3.63) is 41.0 Å². The molecule has 0 amide bonds. The highest BCUT2D eigenvalue weighted by atomic mass is 14.4. The molecule has 0 unspecified atom stereocenters. The summed E-state index contributed by atoms with van der Waals surface area (Å²) in [7, 11) is 0. The maximum atomic E-state index is 4.02. The van der Waals surface area contributed by atoms with Gasteiger partial charge in [0.15, 0.2) is 0 Å². The van der Waals surface area contributed by atoms with Crippen molar-refractivity contribution >= 4 is 6.08 Å². The van der Waals surface area contributed by atoms with E-state index < -0.39 is 0 Å². The third-order valence-electron chi connectivity index (χ3n) is 3.77. The highest BCUT2D eigenvalue weighted by molar-refractivity contribution is 5.61. The molecule has 0 heterocycles. The summed E-state index contributed by atoms with van der Waals surface area (Å²) in [5.74, 6) is 0. The molecule has 0 spiro atoms. The van der Waals surface area contributed by atoms with Crippen LogP contribution < -0.4 is 0 Å². The molecule has 20 heavy (non-hydrogen) atoms. The molecule has 0 fully saturated rings. The van der Waals surface area contributed by atoms with Crippen LogP contribution >= 0.6 is 0 Å². The Bertz CT molecular complexity index is 497. The Morgan fingerprint density at radius 1 is 0.700 bits per heavy atom. The van der Waals surface area contributed by atoms with Crippen LogP contribution in [-0.2, 0) is 16.2 Å². The minimum absolute atomic E-state index is 0.118. The molecular formula is C20H32. The van der Waals surface area contributed by atoms with E-state index in [1.807, 2.05) is 6.08 Å². The van der Waals surface area contributed by atoms with Gasteiger partial charge in [0.1, 0.15) is 0 Å². The van der Waals surface area contributed by atoms with Crippen molar-refractivity contribution in [3.63, 3.8) is 0 Å². The Balaban J connectivity index is 3.91. The van der Waals surface area contributed by atoms with E-state index in [1.54, 1.807) is 0 Å². The Labute approximate surface area is 126 Å². The molecule has 0 radical (unpaired) electrons. The van der Waals surface area contributed by atoms with E-state index in [2.05, 4.69) is 81.0 Å². The van der Waals surface area contributed by atoms with Crippen LogP contribution in [0, 0.1) is 0 Å². The van der Waals surface area contributed by atoms with Gasteiger partial charge in [-0.2, -0.15) is 0 Å². The summed E-state index contributed by atoms with van der Waals surface area (Å²) in [6.45, 7) is 24.8. The lowest BCUT2D eigenvalue weighted by Crippen LogP contribution is -2.28. The van der Waals surface area contributed by atoms with Gasteiger partial charge in [-0.05, 0) is 38.5 Å². The first-order chi connectivity index (χ1) is 8.80. The molecule has 0 nitrogen and oxygen atoms in total. The lowest BCUT2D eigenvalue weighted by molar-refractivity contribution is 0.497. The van der Waals surface area contributed by atoms with Gasteiger partial charge in [0.05, 0.1) is 0 Å². The van der Waals surface area contributed by atoms with Gasteiger partial charge in [-0.15, -0.1) is 0 Å². The third-order valence-corrected chi connectivity index (χ3v) is 3.77. The molecule has 0 saturated heterocycles. The van der Waals surface area contributed by atoms with Crippen LogP contribution in [0.5, 0.6) is 0 Å². The molecule has 0 aliphatic heterocycles. The number of hydrogen-bond acceptors (Lipinski definition) is 0. The first-order valence-electron chi connectivity index (χ1n) is 7.61. The predicted octanol–water partition coefficient (Wildman–Crippen LogP) is 6.22. The number of benzene rings is 1. The second-order valence-electron chi connectivity index (χ2n) is 8.91. The first-order valence-corrected chi connectivity index (χ1v) is 7.61. The standard InChI is InChI=1S/C20H32/c1-11-14-12-13-15(18(2,3)4)17(20(8,9)10)16(14)19(5,6)7/h11-13H,1H2,2-10H3. The van der Waals surface area contributed by atoms with Gasteiger partial charge < -0.3 is 0 Å². The highest BCUT2D eigenvalue weighted by Gasteiger charge is 2.32. The second kappa shape index (κ2) is 5.06. The van der Waals surface area contributed by atoms with Crippen LogP contribution in [-0.4, -0.2) is 0 Å². The molecule has 0 atom stereocenters. The van der Waals surface area contributed by atoms with E-state index in [9.17, 15) is 0 Å². The summed E-state index contributed by atoms with van der Waals surface area (Å²) in [5, 5.41) is 0. The van der Waals surface area contributed by atoms with E-state index in [4.69, 9.17) is 0 Å². The summed E-state index contributed by atoms with van der Waals surface area (Å²) < 4.78 is 0. The Morgan fingerprint density at radius 2 is 1.15 bits per heavy atom. The van der Waals surface area contributed by atoms with E-state index >= 15 is 0 Å². The third kappa shape index (κ3) is 3.34. The summed E-state index contributed by atoms with van der Waals surface area (Å²) >= 11 is 0. The van der Waals surface area contributed by atoms with Gasteiger partial charge >= 0.3 is 0 Å². The quantitative estimate of drug-likeness (QED) is 0.569. The second-order valence-corrected chi connectivity index (χ2v) is 8.91. The van der Waals surface area contributed by atoms with E-state index in [-0.39, 0.29) is 16.2 Å². The zero-order valence-corrected chi connectivity index (χ0v) is 14.9. The van der Waals surface area contributed by atoms with Gasteiger partial charge in [0, 0.05) is 0 Å². The van der Waals surface area contributed by atoms with Gasteiger partial charge in [0.2, 0.25) is 0 Å². The lowest BCUT2D eigenvalue weighted by Gasteiger charge is -2.37. The summed E-state index contributed by atoms with van der Waals surface area (Å²) in [5.41, 5.74) is 6.08. The Hall–Kier alpha value is -1.04. The van der Waals surface area contributed by atoms with Crippen LogP contribution in [0.2, 0.25) is 0 Å². The van der Waals surface area contributed by atoms with Crippen molar-refractivity contribution in [1.29, 1.82) is 0 Å². The minimum atomic E-state index is 0.118. The predicted molar refractivity (Wildman–Crippen MR) is 92.6 cm³/mol. The van der Waals surface area contributed by atoms with E-state index in [1.165, 1.54) is 22.3 Å². The van der Waals surface area contributed by atoms with Gasteiger partial charge in [-0.25, -0.2) is 0 Å². The molecule has 112 valence electrons. The SMILES string of the molecule is C=Cc1ccc(C(C)(C)C)c(C(C)(C)C)c1C(C)(C)C. The molecule has 1 aromatic rings. The molecule has 0 N–H and O–H groups in total. The summed E-state index contributed by atoms with van der Waals surface area (Å²) in [6, 6.07) is 4.54. The molecule has 0 saturated carbocycles. The topological polar surface area (TPSA) is 0 Å². The van der Waals surface area contributed by atoms with Crippen LogP contribution in [0.3, 0.4) is 0 Å². The average Bonchev–Trinajstić information content (AvgIpc) is 2.23. The van der Waals surface area contributed by atoms with Crippen molar-refractivity contribution in [3.8, 4) is 0 Å².